The highest BCUT2D eigenvalue weighted by Gasteiger charge is 2.87. The average molecular weight is 354 g/mol. The molecule has 0 aromatic rings. The van der Waals surface area contributed by atoms with Crippen LogP contribution in [0, 0.1) is 10.8 Å². The highest BCUT2D eigenvalue weighted by atomic mass is 16.7. The van der Waals surface area contributed by atoms with Crippen molar-refractivity contribution < 1.29 is 39.1 Å². The van der Waals surface area contributed by atoms with E-state index in [0.29, 0.717) is 5.57 Å². The van der Waals surface area contributed by atoms with E-state index in [9.17, 15) is 24.9 Å². The number of esters is 1. The summed E-state index contributed by atoms with van der Waals surface area (Å²) in [5.74, 6) is -1.13. The summed E-state index contributed by atoms with van der Waals surface area (Å²) in [4.78, 5) is 24.1. The molecular weight excluding hydrogens is 332 g/mol. The van der Waals surface area contributed by atoms with Crippen molar-refractivity contribution in [1.29, 1.82) is 0 Å². The first kappa shape index (κ1) is 17.1. The lowest BCUT2D eigenvalue weighted by molar-refractivity contribution is -0.255. The van der Waals surface area contributed by atoms with Gasteiger partial charge in [0.15, 0.2) is 5.78 Å². The maximum Gasteiger partial charge on any atom is 0.303 e. The lowest BCUT2D eigenvalue weighted by Crippen LogP contribution is -2.72. The third-order valence-corrected chi connectivity index (χ3v) is 6.83. The van der Waals surface area contributed by atoms with Crippen LogP contribution in [0.1, 0.15) is 20.8 Å². The topological polar surface area (TPSA) is 126 Å². The van der Waals surface area contributed by atoms with Crippen LogP contribution in [0.3, 0.4) is 0 Å². The lowest BCUT2D eigenvalue weighted by atomic mass is 9.50. The molecule has 3 N–H and O–H groups in total. The number of ether oxygens (including phenoxy) is 3. The van der Waals surface area contributed by atoms with Gasteiger partial charge in [-0.05, 0) is 18.6 Å². The predicted molar refractivity (Wildman–Crippen MR) is 81.3 cm³/mol. The number of fused-ring (bicyclic) bond motifs is 2. The molecule has 8 atom stereocenters. The van der Waals surface area contributed by atoms with Crippen molar-refractivity contribution in [2.24, 2.45) is 10.8 Å². The van der Waals surface area contributed by atoms with E-state index < -0.39 is 65.3 Å². The second-order valence-electron chi connectivity index (χ2n) is 7.69. The summed E-state index contributed by atoms with van der Waals surface area (Å²) < 4.78 is 17.1. The smallest absolute Gasteiger partial charge is 0.303 e. The Morgan fingerprint density at radius 3 is 2.60 bits per heavy atom. The molecule has 8 heteroatoms. The maximum atomic E-state index is 12.5. The van der Waals surface area contributed by atoms with Crippen LogP contribution in [0.15, 0.2) is 11.6 Å². The molecule has 2 heterocycles. The van der Waals surface area contributed by atoms with E-state index in [2.05, 4.69) is 0 Å². The van der Waals surface area contributed by atoms with E-state index in [1.807, 2.05) is 0 Å². The summed E-state index contributed by atoms with van der Waals surface area (Å²) in [6.45, 7) is 4.11. The van der Waals surface area contributed by atoms with E-state index in [-0.39, 0.29) is 6.61 Å². The summed E-state index contributed by atoms with van der Waals surface area (Å²) in [7, 11) is 0. The van der Waals surface area contributed by atoms with Gasteiger partial charge in [-0.15, -0.1) is 0 Å². The van der Waals surface area contributed by atoms with Crippen LogP contribution < -0.4 is 0 Å². The SMILES string of the molecule is CC(=O)O[C@@H]1[C@@H](O)C2OC3C=C(C)C(=O)[C@@H](O)[C@]3(CO)C1(C)C21CO1. The maximum absolute atomic E-state index is 12.5. The molecule has 2 bridgehead atoms. The molecule has 2 aliphatic heterocycles. The zero-order valence-corrected chi connectivity index (χ0v) is 14.3. The molecule has 0 aromatic heterocycles. The number of Topliss-reactive ketones (excluding diaryl/α,β-unsaturated/α-hetero) is 1. The third-order valence-electron chi connectivity index (χ3n) is 6.83. The highest BCUT2D eigenvalue weighted by Crippen LogP contribution is 2.71. The van der Waals surface area contributed by atoms with Crippen LogP contribution >= 0.6 is 0 Å². The van der Waals surface area contributed by atoms with Crippen molar-refractivity contribution in [2.75, 3.05) is 13.2 Å². The summed E-state index contributed by atoms with van der Waals surface area (Å²) in [5.41, 5.74) is -3.39. The number of ketones is 1. The molecule has 1 spiro atoms. The van der Waals surface area contributed by atoms with E-state index in [1.165, 1.54) is 6.92 Å². The van der Waals surface area contributed by atoms with Gasteiger partial charge in [-0.2, -0.15) is 0 Å². The van der Waals surface area contributed by atoms with E-state index >= 15 is 0 Å². The molecule has 4 rings (SSSR count). The van der Waals surface area contributed by atoms with Gasteiger partial charge >= 0.3 is 5.97 Å². The van der Waals surface area contributed by atoms with Gasteiger partial charge in [0.25, 0.3) is 0 Å². The largest absolute Gasteiger partial charge is 0.459 e. The molecule has 4 aliphatic rings. The zero-order chi connectivity index (χ0) is 18.4. The number of carbonyl (C=O) groups excluding carboxylic acids is 2. The normalized spacial score (nSPS) is 53.4. The molecule has 0 amide bonds. The predicted octanol–water partition coefficient (Wildman–Crippen LogP) is -1.30. The number of aliphatic hydroxyl groups excluding tert-OH is 3. The van der Waals surface area contributed by atoms with Crippen molar-refractivity contribution in [2.45, 2.75) is 56.9 Å². The van der Waals surface area contributed by atoms with Gasteiger partial charge in [0.2, 0.25) is 0 Å². The van der Waals surface area contributed by atoms with Crippen molar-refractivity contribution in [3.05, 3.63) is 11.6 Å². The minimum atomic E-state index is -1.57. The van der Waals surface area contributed by atoms with E-state index in [4.69, 9.17) is 14.2 Å². The third kappa shape index (κ3) is 1.65. The van der Waals surface area contributed by atoms with E-state index in [1.54, 1.807) is 19.9 Å². The van der Waals surface area contributed by atoms with Crippen molar-refractivity contribution in [1.82, 2.24) is 0 Å². The minimum Gasteiger partial charge on any atom is -0.459 e. The van der Waals surface area contributed by atoms with Gasteiger partial charge in [-0.1, -0.05) is 6.92 Å². The van der Waals surface area contributed by atoms with Gasteiger partial charge < -0.3 is 29.5 Å². The minimum absolute atomic E-state index is 0.223. The molecule has 25 heavy (non-hydrogen) atoms. The van der Waals surface area contributed by atoms with Crippen LogP contribution in [0.4, 0.5) is 0 Å². The molecule has 8 nitrogen and oxygen atoms in total. The van der Waals surface area contributed by atoms with Crippen LogP contribution in [0.25, 0.3) is 0 Å². The fourth-order valence-corrected chi connectivity index (χ4v) is 5.37. The van der Waals surface area contributed by atoms with Crippen LogP contribution in [0.2, 0.25) is 0 Å². The number of carbonyl (C=O) groups is 2. The fourth-order valence-electron chi connectivity index (χ4n) is 5.37. The van der Waals surface area contributed by atoms with Gasteiger partial charge in [0, 0.05) is 6.92 Å². The Labute approximate surface area is 144 Å². The Kier molecular flexibility index (Phi) is 3.35. The van der Waals surface area contributed by atoms with Crippen LogP contribution in [-0.4, -0.2) is 76.4 Å². The summed E-state index contributed by atoms with van der Waals surface area (Å²) in [6, 6.07) is 0. The van der Waals surface area contributed by atoms with Crippen molar-refractivity contribution >= 4 is 11.8 Å². The van der Waals surface area contributed by atoms with E-state index in [0.717, 1.165) is 0 Å². The first-order chi connectivity index (χ1) is 11.7. The Hall–Kier alpha value is -1.32. The monoisotopic (exact) mass is 354 g/mol. The van der Waals surface area contributed by atoms with Crippen molar-refractivity contribution in [3.63, 3.8) is 0 Å². The van der Waals surface area contributed by atoms with Crippen molar-refractivity contribution in [3.8, 4) is 0 Å². The second kappa shape index (κ2) is 4.89. The fraction of sp³-hybridized carbons (Fsp3) is 0.765. The number of rotatable bonds is 2. The molecule has 138 valence electrons. The Morgan fingerprint density at radius 2 is 2.08 bits per heavy atom. The first-order valence-corrected chi connectivity index (χ1v) is 8.33. The Balaban J connectivity index is 1.96. The number of hydrogen-bond acceptors (Lipinski definition) is 8. The summed E-state index contributed by atoms with van der Waals surface area (Å²) in [5, 5.41) is 32.0. The summed E-state index contributed by atoms with van der Waals surface area (Å²) in [6.07, 6.45) is -3.87. The molecule has 2 aliphatic carbocycles. The van der Waals surface area contributed by atoms with Gasteiger partial charge in [0.1, 0.15) is 30.0 Å². The second-order valence-corrected chi connectivity index (χ2v) is 7.69. The van der Waals surface area contributed by atoms with Gasteiger partial charge in [-0.3, -0.25) is 9.59 Å². The molecule has 0 aromatic carbocycles. The molecule has 2 saturated heterocycles. The molecule has 4 unspecified atom stereocenters. The van der Waals surface area contributed by atoms with Crippen LogP contribution in [-0.2, 0) is 23.8 Å². The standard InChI is InChI=1S/C17H22O8/c1-7-4-9-16(5-18,12(22)10(7)20)15(3)13(24-8(2)19)11(21)14(25-9)17(15)6-23-17/h4,9,11-14,18,21-22H,5-6H2,1-3H3/t9?,11-,12-,13-,14?,15?,16-,17?/m1/s1. The number of hydrogen-bond donors (Lipinski definition) is 3. The Morgan fingerprint density at radius 1 is 1.44 bits per heavy atom. The highest BCUT2D eigenvalue weighted by molar-refractivity contribution is 6.00. The number of epoxide rings is 1. The number of aliphatic hydroxyl groups is 3. The van der Waals surface area contributed by atoms with Crippen LogP contribution in [0.5, 0.6) is 0 Å². The quantitative estimate of drug-likeness (QED) is 0.413. The lowest BCUT2D eigenvalue weighted by Gasteiger charge is -2.58. The van der Waals surface area contributed by atoms with Gasteiger partial charge in [0.05, 0.1) is 30.1 Å². The molecule has 3 fully saturated rings. The molecular formula is C17H22O8. The Bertz CT molecular complexity index is 682. The first-order valence-electron chi connectivity index (χ1n) is 8.33. The summed E-state index contributed by atoms with van der Waals surface area (Å²) >= 11 is 0. The zero-order valence-electron chi connectivity index (χ0n) is 14.3. The molecule has 1 saturated carbocycles. The van der Waals surface area contributed by atoms with Gasteiger partial charge in [-0.25, -0.2) is 0 Å². The average Bonchev–Trinajstić information content (AvgIpc) is 3.33. The molecule has 0 radical (unpaired) electrons.